The van der Waals surface area contributed by atoms with E-state index in [0.717, 1.165) is 18.2 Å². The second kappa shape index (κ2) is 4.45. The van der Waals surface area contributed by atoms with E-state index in [1.54, 1.807) is 0 Å². The Hall–Kier alpha value is -2.04. The number of hydrogen-bond acceptors (Lipinski definition) is 2. The molecule has 78 valence electrons. The van der Waals surface area contributed by atoms with Crippen molar-refractivity contribution in [3.63, 3.8) is 0 Å². The van der Waals surface area contributed by atoms with Crippen molar-refractivity contribution in [1.29, 1.82) is 0 Å². The van der Waals surface area contributed by atoms with Crippen LogP contribution in [0, 0.1) is 11.6 Å². The van der Waals surface area contributed by atoms with E-state index < -0.39 is 23.2 Å². The third-order valence-electron chi connectivity index (χ3n) is 1.68. The highest BCUT2D eigenvalue weighted by molar-refractivity contribution is 5.93. The summed E-state index contributed by atoms with van der Waals surface area (Å²) in [5.41, 5.74) is -0.458. The normalized spacial score (nSPS) is 10.5. The van der Waals surface area contributed by atoms with Crippen molar-refractivity contribution < 1.29 is 23.5 Å². The van der Waals surface area contributed by atoms with Crippen LogP contribution in [0.3, 0.4) is 0 Å². The fourth-order valence-electron chi connectivity index (χ4n) is 1.03. The lowest BCUT2D eigenvalue weighted by atomic mass is 10.1. The number of hydrogen-bond donors (Lipinski definition) is 1. The average Bonchev–Trinajstić information content (AvgIpc) is 2.19. The molecule has 1 rings (SSSR count). The minimum atomic E-state index is -1.39. The van der Waals surface area contributed by atoms with Crippen LogP contribution in [0.25, 0.3) is 6.08 Å². The summed E-state index contributed by atoms with van der Waals surface area (Å²) in [5.74, 6) is -3.79. The first-order valence-corrected chi connectivity index (χ1v) is 3.90. The molecule has 5 heteroatoms. The lowest BCUT2D eigenvalue weighted by Gasteiger charge is -2.01. The third-order valence-corrected chi connectivity index (χ3v) is 1.68. The zero-order valence-electron chi connectivity index (χ0n) is 7.41. The van der Waals surface area contributed by atoms with Gasteiger partial charge in [-0.15, -0.1) is 0 Å². The van der Waals surface area contributed by atoms with Crippen molar-refractivity contribution in [3.05, 3.63) is 41.0 Å². The second-order valence-corrected chi connectivity index (χ2v) is 2.65. The van der Waals surface area contributed by atoms with Gasteiger partial charge in [0.05, 0.1) is 5.56 Å². The van der Waals surface area contributed by atoms with E-state index in [1.807, 2.05) is 0 Å². The first-order valence-electron chi connectivity index (χ1n) is 3.90. The quantitative estimate of drug-likeness (QED) is 0.614. The Morgan fingerprint density at radius 1 is 1.27 bits per heavy atom. The minimum absolute atomic E-state index is 0.0616. The van der Waals surface area contributed by atoms with Crippen molar-refractivity contribution in [3.8, 4) is 0 Å². The van der Waals surface area contributed by atoms with Crippen molar-refractivity contribution in [2.75, 3.05) is 0 Å². The predicted molar refractivity (Wildman–Crippen MR) is 48.4 cm³/mol. The molecule has 1 N–H and O–H groups in total. The van der Waals surface area contributed by atoms with Gasteiger partial charge in [0.2, 0.25) is 0 Å². The van der Waals surface area contributed by atoms with Gasteiger partial charge in [-0.1, -0.05) is 6.08 Å². The summed E-state index contributed by atoms with van der Waals surface area (Å²) in [6.45, 7) is 0. The molecule has 0 aliphatic heterocycles. The van der Waals surface area contributed by atoms with Crippen LogP contribution in [0.4, 0.5) is 8.78 Å². The van der Waals surface area contributed by atoms with Gasteiger partial charge in [0, 0.05) is 0 Å². The summed E-state index contributed by atoms with van der Waals surface area (Å²) >= 11 is 0. The van der Waals surface area contributed by atoms with Gasteiger partial charge >= 0.3 is 5.97 Å². The smallest absolute Gasteiger partial charge is 0.336 e. The van der Waals surface area contributed by atoms with Gasteiger partial charge in [-0.05, 0) is 23.8 Å². The average molecular weight is 212 g/mol. The van der Waals surface area contributed by atoms with Gasteiger partial charge in [0.1, 0.15) is 6.29 Å². The first kappa shape index (κ1) is 11.0. The molecule has 0 aliphatic carbocycles. The van der Waals surface area contributed by atoms with E-state index in [9.17, 15) is 18.4 Å². The largest absolute Gasteiger partial charge is 0.478 e. The SMILES string of the molecule is O=CC=Cc1cc(F)c(F)cc1C(=O)O. The van der Waals surface area contributed by atoms with Gasteiger partial charge in [-0.2, -0.15) is 0 Å². The number of aromatic carboxylic acids is 1. The summed E-state index contributed by atoms with van der Waals surface area (Å²) in [7, 11) is 0. The number of benzene rings is 1. The molecule has 15 heavy (non-hydrogen) atoms. The van der Waals surface area contributed by atoms with E-state index in [2.05, 4.69) is 0 Å². The standard InChI is InChI=1S/C10H6F2O3/c11-8-4-6(2-1-3-13)7(10(14)15)5-9(8)12/h1-5H,(H,14,15). The number of carbonyl (C=O) groups excluding carboxylic acids is 1. The maximum absolute atomic E-state index is 12.8. The highest BCUT2D eigenvalue weighted by Crippen LogP contribution is 2.16. The number of carboxylic acids is 1. The van der Waals surface area contributed by atoms with Crippen molar-refractivity contribution >= 4 is 18.3 Å². The molecule has 0 amide bonds. The van der Waals surface area contributed by atoms with Gasteiger partial charge < -0.3 is 5.11 Å². The maximum atomic E-state index is 12.8. The Morgan fingerprint density at radius 3 is 2.40 bits per heavy atom. The molecular formula is C10H6F2O3. The Labute approximate surface area is 83.6 Å². The van der Waals surface area contributed by atoms with Crippen molar-refractivity contribution in [2.45, 2.75) is 0 Å². The van der Waals surface area contributed by atoms with Crippen LogP contribution in [0.2, 0.25) is 0 Å². The van der Waals surface area contributed by atoms with Gasteiger partial charge in [-0.3, -0.25) is 4.79 Å². The molecule has 1 aromatic carbocycles. The van der Waals surface area contributed by atoms with Crippen LogP contribution in [-0.4, -0.2) is 17.4 Å². The lowest BCUT2D eigenvalue weighted by Crippen LogP contribution is -2.02. The van der Waals surface area contributed by atoms with Gasteiger partial charge in [-0.25, -0.2) is 13.6 Å². The molecule has 0 heterocycles. The van der Waals surface area contributed by atoms with Crippen LogP contribution >= 0.6 is 0 Å². The van der Waals surface area contributed by atoms with E-state index in [0.29, 0.717) is 12.4 Å². The predicted octanol–water partition coefficient (Wildman–Crippen LogP) is 1.88. The highest BCUT2D eigenvalue weighted by atomic mass is 19.2. The number of aldehydes is 1. The molecule has 0 fully saturated rings. The van der Waals surface area contributed by atoms with Crippen LogP contribution < -0.4 is 0 Å². The first-order chi connectivity index (χ1) is 7.06. The summed E-state index contributed by atoms with van der Waals surface area (Å²) in [6.07, 6.45) is 2.50. The molecule has 0 radical (unpaired) electrons. The number of allylic oxidation sites excluding steroid dienone is 1. The Morgan fingerprint density at radius 2 is 1.87 bits per heavy atom. The summed E-state index contributed by atoms with van der Waals surface area (Å²) in [4.78, 5) is 20.6. The number of rotatable bonds is 3. The van der Waals surface area contributed by atoms with E-state index in [-0.39, 0.29) is 5.56 Å². The van der Waals surface area contributed by atoms with E-state index >= 15 is 0 Å². The van der Waals surface area contributed by atoms with Crippen LogP contribution in [0.5, 0.6) is 0 Å². The second-order valence-electron chi connectivity index (χ2n) is 2.65. The molecule has 0 aliphatic rings. The molecule has 3 nitrogen and oxygen atoms in total. The van der Waals surface area contributed by atoms with E-state index in [1.165, 1.54) is 0 Å². The van der Waals surface area contributed by atoms with Gasteiger partial charge in [0.25, 0.3) is 0 Å². The van der Waals surface area contributed by atoms with Crippen molar-refractivity contribution in [1.82, 2.24) is 0 Å². The Balaban J connectivity index is 3.34. The molecule has 0 bridgehead atoms. The number of carbonyl (C=O) groups is 2. The monoisotopic (exact) mass is 212 g/mol. The Bertz CT molecular complexity index is 439. The Kier molecular flexibility index (Phi) is 3.28. The fourth-order valence-corrected chi connectivity index (χ4v) is 1.03. The molecular weight excluding hydrogens is 206 g/mol. The molecule has 0 saturated carbocycles. The minimum Gasteiger partial charge on any atom is -0.478 e. The topological polar surface area (TPSA) is 54.4 Å². The summed E-state index contributed by atoms with van der Waals surface area (Å²) in [5, 5.41) is 8.67. The van der Waals surface area contributed by atoms with Crippen molar-refractivity contribution in [2.24, 2.45) is 0 Å². The summed E-state index contributed by atoms with van der Waals surface area (Å²) in [6, 6.07) is 1.29. The molecule has 0 saturated heterocycles. The maximum Gasteiger partial charge on any atom is 0.336 e. The third kappa shape index (κ3) is 2.46. The zero-order chi connectivity index (χ0) is 11.4. The summed E-state index contributed by atoms with van der Waals surface area (Å²) < 4.78 is 25.5. The van der Waals surface area contributed by atoms with Crippen LogP contribution in [0.1, 0.15) is 15.9 Å². The fraction of sp³-hybridized carbons (Fsp3) is 0. The molecule has 0 spiro atoms. The van der Waals surface area contributed by atoms with E-state index in [4.69, 9.17) is 5.11 Å². The lowest BCUT2D eigenvalue weighted by molar-refractivity contribution is -0.104. The van der Waals surface area contributed by atoms with Crippen LogP contribution in [-0.2, 0) is 4.79 Å². The highest BCUT2D eigenvalue weighted by Gasteiger charge is 2.13. The molecule has 0 unspecified atom stereocenters. The zero-order valence-corrected chi connectivity index (χ0v) is 7.41. The molecule has 1 aromatic rings. The van der Waals surface area contributed by atoms with Gasteiger partial charge in [0.15, 0.2) is 11.6 Å². The number of carboxylic acid groups (broad SMARTS) is 1. The number of halogens is 2. The van der Waals surface area contributed by atoms with Crippen LogP contribution in [0.15, 0.2) is 18.2 Å². The molecule has 0 atom stereocenters. The molecule has 0 aromatic heterocycles.